The number of hydrogen-bond donors (Lipinski definition) is 1. The normalized spacial score (nSPS) is 10.1. The number of pyridine rings is 1. The number of nitrogens with one attached hydrogen (secondary N) is 1. The van der Waals surface area contributed by atoms with Crippen LogP contribution >= 0.6 is 0 Å². The average molecular weight is 188 g/mol. The Labute approximate surface area is 82.6 Å². The Hall–Kier alpha value is -1.84. The summed E-state index contributed by atoms with van der Waals surface area (Å²) in [5.41, 5.74) is 0.992. The van der Waals surface area contributed by atoms with Crippen LogP contribution in [0.5, 0.6) is 0 Å². The molecule has 4 heteroatoms. The van der Waals surface area contributed by atoms with E-state index in [2.05, 4.69) is 15.4 Å². The summed E-state index contributed by atoms with van der Waals surface area (Å²) >= 11 is 0. The second-order valence-corrected chi connectivity index (χ2v) is 3.16. The third-order valence-electron chi connectivity index (χ3n) is 1.86. The molecule has 0 saturated carbocycles. The minimum atomic E-state index is 0.811. The maximum Gasteiger partial charge on any atom is 0.153 e. The highest BCUT2D eigenvalue weighted by molar-refractivity contribution is 5.50. The fourth-order valence-corrected chi connectivity index (χ4v) is 1.23. The minimum absolute atomic E-state index is 0.811. The summed E-state index contributed by atoms with van der Waals surface area (Å²) in [6.45, 7) is 1.96. The van der Waals surface area contributed by atoms with Gasteiger partial charge in [-0.15, -0.1) is 0 Å². The summed E-state index contributed by atoms with van der Waals surface area (Å²) in [4.78, 5) is 4.32. The van der Waals surface area contributed by atoms with Crippen LogP contribution in [0.3, 0.4) is 0 Å². The quantitative estimate of drug-likeness (QED) is 0.782. The molecule has 0 spiro atoms. The molecule has 72 valence electrons. The van der Waals surface area contributed by atoms with Gasteiger partial charge in [0.15, 0.2) is 5.82 Å². The number of hydrogen-bond acceptors (Lipinski definition) is 3. The van der Waals surface area contributed by atoms with Crippen LogP contribution in [0.15, 0.2) is 30.5 Å². The Kier molecular flexibility index (Phi) is 2.18. The van der Waals surface area contributed by atoms with Gasteiger partial charge in [0.05, 0.1) is 0 Å². The lowest BCUT2D eigenvalue weighted by Gasteiger charge is -2.01. The third-order valence-corrected chi connectivity index (χ3v) is 1.86. The van der Waals surface area contributed by atoms with Gasteiger partial charge in [-0.3, -0.25) is 4.68 Å². The van der Waals surface area contributed by atoms with Gasteiger partial charge in [0.1, 0.15) is 5.82 Å². The van der Waals surface area contributed by atoms with Crippen molar-refractivity contribution in [3.05, 3.63) is 36.2 Å². The van der Waals surface area contributed by atoms with Crippen molar-refractivity contribution in [2.45, 2.75) is 6.92 Å². The molecule has 0 radical (unpaired) electrons. The number of aromatic nitrogens is 3. The fourth-order valence-electron chi connectivity index (χ4n) is 1.23. The highest BCUT2D eigenvalue weighted by Gasteiger charge is 1.97. The summed E-state index contributed by atoms with van der Waals surface area (Å²) in [7, 11) is 1.88. The first-order valence-electron chi connectivity index (χ1n) is 4.44. The first-order valence-corrected chi connectivity index (χ1v) is 4.44. The summed E-state index contributed by atoms with van der Waals surface area (Å²) in [6.07, 6.45) is 1.89. The molecular weight excluding hydrogens is 176 g/mol. The zero-order valence-electron chi connectivity index (χ0n) is 8.23. The SMILES string of the molecule is Cc1cccc(Nc2ccn(C)n2)n1. The topological polar surface area (TPSA) is 42.7 Å². The van der Waals surface area contributed by atoms with Gasteiger partial charge in [-0.1, -0.05) is 6.07 Å². The lowest BCUT2D eigenvalue weighted by Crippen LogP contribution is -1.96. The number of aryl methyl sites for hydroxylation is 2. The van der Waals surface area contributed by atoms with Gasteiger partial charge in [-0.2, -0.15) is 5.10 Å². The number of anilines is 2. The van der Waals surface area contributed by atoms with Crippen molar-refractivity contribution in [1.82, 2.24) is 14.8 Å². The van der Waals surface area contributed by atoms with E-state index in [0.29, 0.717) is 0 Å². The first kappa shape index (κ1) is 8.74. The van der Waals surface area contributed by atoms with E-state index >= 15 is 0 Å². The molecule has 0 amide bonds. The van der Waals surface area contributed by atoms with Crippen molar-refractivity contribution in [3.63, 3.8) is 0 Å². The van der Waals surface area contributed by atoms with Crippen LogP contribution in [0.1, 0.15) is 5.69 Å². The first-order chi connectivity index (χ1) is 6.74. The Morgan fingerprint density at radius 1 is 1.21 bits per heavy atom. The molecule has 1 N–H and O–H groups in total. The third kappa shape index (κ3) is 1.90. The summed E-state index contributed by atoms with van der Waals surface area (Å²) in [6, 6.07) is 7.75. The Bertz CT molecular complexity index is 433. The molecule has 14 heavy (non-hydrogen) atoms. The highest BCUT2D eigenvalue weighted by Crippen LogP contribution is 2.11. The molecule has 0 aliphatic heterocycles. The molecule has 2 aromatic rings. The number of nitrogens with zero attached hydrogens (tertiary/aromatic N) is 3. The second kappa shape index (κ2) is 3.49. The van der Waals surface area contributed by atoms with Crippen LogP contribution in [-0.4, -0.2) is 14.8 Å². The smallest absolute Gasteiger partial charge is 0.153 e. The molecule has 4 nitrogen and oxygen atoms in total. The zero-order chi connectivity index (χ0) is 9.97. The van der Waals surface area contributed by atoms with Gasteiger partial charge < -0.3 is 5.32 Å². The maximum atomic E-state index is 4.32. The van der Waals surface area contributed by atoms with Crippen LogP contribution in [0, 0.1) is 6.92 Å². The second-order valence-electron chi connectivity index (χ2n) is 3.16. The van der Waals surface area contributed by atoms with Crippen LogP contribution in [0.25, 0.3) is 0 Å². The predicted molar refractivity (Wildman–Crippen MR) is 55.5 cm³/mol. The molecule has 2 aromatic heterocycles. The molecule has 2 heterocycles. The van der Waals surface area contributed by atoms with Crippen molar-refractivity contribution in [2.24, 2.45) is 7.05 Å². The van der Waals surface area contributed by atoms with Crippen molar-refractivity contribution in [1.29, 1.82) is 0 Å². The molecule has 0 aliphatic rings. The van der Waals surface area contributed by atoms with Crippen molar-refractivity contribution < 1.29 is 0 Å². The average Bonchev–Trinajstić information content (AvgIpc) is 2.51. The minimum Gasteiger partial charge on any atom is -0.323 e. The van der Waals surface area contributed by atoms with E-state index in [4.69, 9.17) is 0 Å². The summed E-state index contributed by atoms with van der Waals surface area (Å²) in [5.74, 6) is 1.63. The molecule has 0 unspecified atom stereocenters. The zero-order valence-corrected chi connectivity index (χ0v) is 8.23. The molecule has 0 fully saturated rings. The Balaban J connectivity index is 2.18. The molecule has 0 bridgehead atoms. The van der Waals surface area contributed by atoms with Gasteiger partial charge in [0.25, 0.3) is 0 Å². The van der Waals surface area contributed by atoms with Gasteiger partial charge in [0.2, 0.25) is 0 Å². The lowest BCUT2D eigenvalue weighted by atomic mass is 10.4. The predicted octanol–water partition coefficient (Wildman–Crippen LogP) is 1.87. The van der Waals surface area contributed by atoms with Gasteiger partial charge in [-0.25, -0.2) is 4.98 Å². The maximum absolute atomic E-state index is 4.32. The van der Waals surface area contributed by atoms with Gasteiger partial charge >= 0.3 is 0 Å². The summed E-state index contributed by atoms with van der Waals surface area (Å²) < 4.78 is 1.75. The monoisotopic (exact) mass is 188 g/mol. The lowest BCUT2D eigenvalue weighted by molar-refractivity contribution is 0.771. The van der Waals surface area contributed by atoms with E-state index in [1.807, 2.05) is 44.4 Å². The highest BCUT2D eigenvalue weighted by atomic mass is 15.3. The standard InChI is InChI=1S/C10H12N4/c1-8-4-3-5-9(11-8)12-10-6-7-14(2)13-10/h3-7H,1-2H3,(H,11,12,13). The molecule has 0 aliphatic carbocycles. The largest absolute Gasteiger partial charge is 0.323 e. The number of rotatable bonds is 2. The van der Waals surface area contributed by atoms with Crippen LogP contribution < -0.4 is 5.32 Å². The summed E-state index contributed by atoms with van der Waals surface area (Å²) in [5, 5.41) is 7.32. The van der Waals surface area contributed by atoms with Crippen molar-refractivity contribution >= 4 is 11.6 Å². The van der Waals surface area contributed by atoms with Crippen LogP contribution in [0.2, 0.25) is 0 Å². The molecule has 0 atom stereocenters. The van der Waals surface area contributed by atoms with Crippen molar-refractivity contribution in [2.75, 3.05) is 5.32 Å². The molecule has 2 rings (SSSR count). The van der Waals surface area contributed by atoms with E-state index in [1.165, 1.54) is 0 Å². The van der Waals surface area contributed by atoms with Crippen molar-refractivity contribution in [3.8, 4) is 0 Å². The Morgan fingerprint density at radius 3 is 2.71 bits per heavy atom. The van der Waals surface area contributed by atoms with Crippen LogP contribution in [-0.2, 0) is 7.05 Å². The Morgan fingerprint density at radius 2 is 2.07 bits per heavy atom. The van der Waals surface area contributed by atoms with Gasteiger partial charge in [0, 0.05) is 25.0 Å². The van der Waals surface area contributed by atoms with E-state index in [9.17, 15) is 0 Å². The van der Waals surface area contributed by atoms with Crippen LogP contribution in [0.4, 0.5) is 11.6 Å². The van der Waals surface area contributed by atoms with E-state index in [0.717, 1.165) is 17.3 Å². The molecule has 0 saturated heterocycles. The molecular formula is C10H12N4. The van der Waals surface area contributed by atoms with Gasteiger partial charge in [-0.05, 0) is 19.1 Å². The van der Waals surface area contributed by atoms with E-state index in [-0.39, 0.29) is 0 Å². The van der Waals surface area contributed by atoms with E-state index < -0.39 is 0 Å². The van der Waals surface area contributed by atoms with E-state index in [1.54, 1.807) is 4.68 Å². The fraction of sp³-hybridized carbons (Fsp3) is 0.200. The molecule has 0 aromatic carbocycles.